The van der Waals surface area contributed by atoms with Gasteiger partial charge < -0.3 is 0 Å². The van der Waals surface area contributed by atoms with Crippen molar-refractivity contribution in [2.24, 2.45) is 0 Å². The molecule has 0 saturated carbocycles. The second-order valence-electron chi connectivity index (χ2n) is 9.15. The molecule has 2 heterocycles. The lowest BCUT2D eigenvalue weighted by molar-refractivity contribution is 0.0910. The molecule has 0 aliphatic carbocycles. The largest absolute Gasteiger partial charge is 0.268 e. The van der Waals surface area contributed by atoms with E-state index in [1.54, 1.807) is 36.4 Å². The molecule has 0 saturated heterocycles. The fraction of sp³-hybridized carbons (Fsp3) is 0.0667. The third kappa shape index (κ3) is 3.45. The van der Waals surface area contributed by atoms with Gasteiger partial charge in [-0.1, -0.05) is 36.4 Å². The van der Waals surface area contributed by atoms with E-state index in [1.807, 2.05) is 38.1 Å². The number of amides is 4. The lowest BCUT2D eigenvalue weighted by Gasteiger charge is -2.16. The van der Waals surface area contributed by atoms with Gasteiger partial charge in [0, 0.05) is 9.79 Å². The summed E-state index contributed by atoms with van der Waals surface area (Å²) in [6.07, 6.45) is 0. The summed E-state index contributed by atoms with van der Waals surface area (Å²) in [7, 11) is -1.77. The second kappa shape index (κ2) is 8.71. The summed E-state index contributed by atoms with van der Waals surface area (Å²) >= 11 is 0. The molecule has 4 aromatic rings. The predicted octanol–water partition coefficient (Wildman–Crippen LogP) is 5.07. The number of imide groups is 2. The Morgan fingerprint density at radius 2 is 0.868 bits per heavy atom. The monoisotopic (exact) mass is 520 g/mol. The quantitative estimate of drug-likeness (QED) is 0.350. The van der Waals surface area contributed by atoms with Crippen molar-refractivity contribution in [3.63, 3.8) is 0 Å². The molecule has 0 atom stereocenters. The maximum atomic E-state index is 13.5. The van der Waals surface area contributed by atoms with Gasteiger partial charge in [-0.2, -0.15) is 0 Å². The third-order valence-corrected chi connectivity index (χ3v) is 8.22. The summed E-state index contributed by atoms with van der Waals surface area (Å²) in [6.45, 7) is 3.64. The van der Waals surface area contributed by atoms with Crippen molar-refractivity contribution < 1.29 is 23.4 Å². The number of fused-ring (bicyclic) bond motifs is 2. The number of carbonyl (C=O) groups excluding carboxylic acids is 4. The summed E-state index contributed by atoms with van der Waals surface area (Å²) in [5.74, 6) is -1.84. The van der Waals surface area contributed by atoms with Gasteiger partial charge in [-0.3, -0.25) is 19.2 Å². The Balaban J connectivity index is 1.34. The molecular weight excluding hydrogens is 500 g/mol. The Morgan fingerprint density at radius 1 is 0.500 bits per heavy atom. The van der Waals surface area contributed by atoms with E-state index in [0.29, 0.717) is 21.2 Å². The minimum Gasteiger partial charge on any atom is -0.268 e. The molecule has 4 amide bonds. The van der Waals surface area contributed by atoms with Crippen molar-refractivity contribution in [1.29, 1.82) is 0 Å². The first-order valence-corrected chi connectivity index (χ1v) is 13.0. The highest BCUT2D eigenvalue weighted by atomic mass is 32.2. The van der Waals surface area contributed by atoms with Crippen molar-refractivity contribution in [3.8, 4) is 0 Å². The molecule has 2 aliphatic rings. The summed E-state index contributed by atoms with van der Waals surface area (Å²) < 4.78 is 13.5. The van der Waals surface area contributed by atoms with E-state index in [0.717, 1.165) is 20.9 Å². The lowest BCUT2D eigenvalue weighted by atomic mass is 10.1. The van der Waals surface area contributed by atoms with E-state index >= 15 is 0 Å². The van der Waals surface area contributed by atoms with Crippen molar-refractivity contribution in [3.05, 3.63) is 118 Å². The fourth-order valence-electron chi connectivity index (χ4n) is 4.87. The molecule has 0 radical (unpaired) electrons. The summed E-state index contributed by atoms with van der Waals surface area (Å²) in [4.78, 5) is 55.4. The first kappa shape index (κ1) is 23.7. The SMILES string of the molecule is Cc1ccccc1N1C(=O)c2ccc(S(=O)c3ccc4c(c3)C(=O)N(c3ccccc3C)C4=O)cc2C1=O. The van der Waals surface area contributed by atoms with E-state index < -0.39 is 34.4 Å². The van der Waals surface area contributed by atoms with E-state index in [1.165, 1.54) is 24.3 Å². The molecule has 0 aromatic heterocycles. The Hall–Kier alpha value is -4.69. The summed E-state index contributed by atoms with van der Waals surface area (Å²) in [5.41, 5.74) is 3.38. The van der Waals surface area contributed by atoms with Gasteiger partial charge in [0.15, 0.2) is 0 Å². The highest BCUT2D eigenvalue weighted by molar-refractivity contribution is 7.85. The topological polar surface area (TPSA) is 91.8 Å². The number of aryl methyl sites for hydroxylation is 2. The van der Waals surface area contributed by atoms with Gasteiger partial charge in [0.2, 0.25) is 0 Å². The number of para-hydroxylation sites is 2. The normalized spacial score (nSPS) is 14.5. The smallest absolute Gasteiger partial charge is 0.266 e. The third-order valence-electron chi connectivity index (χ3n) is 6.86. The van der Waals surface area contributed by atoms with Crippen LogP contribution in [0.1, 0.15) is 52.6 Å². The molecule has 6 rings (SSSR count). The van der Waals surface area contributed by atoms with E-state index in [2.05, 4.69) is 0 Å². The van der Waals surface area contributed by atoms with Gasteiger partial charge in [-0.25, -0.2) is 14.0 Å². The van der Waals surface area contributed by atoms with E-state index in [-0.39, 0.29) is 22.3 Å². The zero-order chi connectivity index (χ0) is 26.7. The zero-order valence-corrected chi connectivity index (χ0v) is 21.2. The van der Waals surface area contributed by atoms with Crippen molar-refractivity contribution in [2.75, 3.05) is 9.80 Å². The minimum atomic E-state index is -1.77. The van der Waals surface area contributed by atoms with Crippen LogP contribution in [0, 0.1) is 13.8 Å². The highest BCUT2D eigenvalue weighted by Crippen LogP contribution is 2.34. The first-order valence-electron chi connectivity index (χ1n) is 11.9. The molecule has 7 nitrogen and oxygen atoms in total. The Bertz CT molecular complexity index is 1630. The van der Waals surface area contributed by atoms with Gasteiger partial charge in [0.05, 0.1) is 44.4 Å². The highest BCUT2D eigenvalue weighted by Gasteiger charge is 2.39. The fourth-order valence-corrected chi connectivity index (χ4v) is 5.98. The van der Waals surface area contributed by atoms with Crippen LogP contribution >= 0.6 is 0 Å². The van der Waals surface area contributed by atoms with Crippen LogP contribution < -0.4 is 9.80 Å². The average Bonchev–Trinajstić information content (AvgIpc) is 3.32. The van der Waals surface area contributed by atoms with E-state index in [9.17, 15) is 23.4 Å². The maximum Gasteiger partial charge on any atom is 0.266 e. The van der Waals surface area contributed by atoms with Crippen molar-refractivity contribution in [1.82, 2.24) is 0 Å². The molecule has 186 valence electrons. The number of carbonyl (C=O) groups is 4. The number of hydrogen-bond donors (Lipinski definition) is 0. The van der Waals surface area contributed by atoms with Crippen LogP contribution in [0.15, 0.2) is 94.7 Å². The Kier molecular flexibility index (Phi) is 5.43. The number of hydrogen-bond acceptors (Lipinski definition) is 5. The van der Waals surface area contributed by atoms with Crippen molar-refractivity contribution >= 4 is 45.8 Å². The lowest BCUT2D eigenvalue weighted by Crippen LogP contribution is -2.29. The second-order valence-corrected chi connectivity index (χ2v) is 10.6. The van der Waals surface area contributed by atoms with Crippen LogP contribution in [0.2, 0.25) is 0 Å². The number of anilines is 2. The summed E-state index contributed by atoms with van der Waals surface area (Å²) in [5, 5.41) is 0. The molecule has 0 N–H and O–H groups in total. The molecule has 0 bridgehead atoms. The Labute approximate surface area is 220 Å². The maximum absolute atomic E-state index is 13.5. The van der Waals surface area contributed by atoms with Gasteiger partial charge in [-0.05, 0) is 73.5 Å². The molecule has 4 aromatic carbocycles. The minimum absolute atomic E-state index is 0.169. The standard InChI is InChI=1S/C30H20N2O5S/c1-17-7-3-5-9-25(17)31-27(33)21-13-11-19(15-23(21)29(31)35)38(37)20-12-14-22-24(16-20)30(36)32(28(22)34)26-10-6-4-8-18(26)2/h3-16H,1-2H3. The molecule has 0 spiro atoms. The van der Waals surface area contributed by atoms with Gasteiger partial charge >= 0.3 is 0 Å². The van der Waals surface area contributed by atoms with Crippen LogP contribution in [0.5, 0.6) is 0 Å². The van der Waals surface area contributed by atoms with Crippen LogP contribution in [0.3, 0.4) is 0 Å². The Morgan fingerprint density at radius 3 is 1.26 bits per heavy atom. The molecule has 8 heteroatoms. The van der Waals surface area contributed by atoms with Crippen molar-refractivity contribution in [2.45, 2.75) is 23.6 Å². The van der Waals surface area contributed by atoms with Crippen LogP contribution in [-0.4, -0.2) is 27.8 Å². The van der Waals surface area contributed by atoms with Crippen LogP contribution in [0.4, 0.5) is 11.4 Å². The molecule has 2 aliphatic heterocycles. The molecular formula is C30H20N2O5S. The van der Waals surface area contributed by atoms with Crippen LogP contribution in [-0.2, 0) is 10.8 Å². The van der Waals surface area contributed by atoms with Gasteiger partial charge in [-0.15, -0.1) is 0 Å². The van der Waals surface area contributed by atoms with Gasteiger partial charge in [0.1, 0.15) is 0 Å². The summed E-state index contributed by atoms with van der Waals surface area (Å²) in [6, 6.07) is 23.2. The number of rotatable bonds is 4. The number of benzene rings is 4. The van der Waals surface area contributed by atoms with E-state index in [4.69, 9.17) is 0 Å². The van der Waals surface area contributed by atoms with Gasteiger partial charge in [0.25, 0.3) is 23.6 Å². The zero-order valence-electron chi connectivity index (χ0n) is 20.4. The number of nitrogens with zero attached hydrogens (tertiary/aromatic N) is 2. The average molecular weight is 521 g/mol. The molecule has 0 fully saturated rings. The molecule has 0 unspecified atom stereocenters. The molecule has 38 heavy (non-hydrogen) atoms. The first-order chi connectivity index (χ1) is 18.3. The van der Waals surface area contributed by atoms with Crippen LogP contribution in [0.25, 0.3) is 0 Å². The predicted molar refractivity (Wildman–Crippen MR) is 142 cm³/mol.